The first-order chi connectivity index (χ1) is 13.8. The fourth-order valence-electron chi connectivity index (χ4n) is 3.32. The Morgan fingerprint density at radius 1 is 1.00 bits per heavy atom. The van der Waals surface area contributed by atoms with Crippen molar-refractivity contribution in [3.63, 3.8) is 0 Å². The average molecular weight is 376 g/mol. The van der Waals surface area contributed by atoms with Gasteiger partial charge in [0.2, 0.25) is 0 Å². The summed E-state index contributed by atoms with van der Waals surface area (Å²) < 4.78 is 7.34. The van der Waals surface area contributed by atoms with Gasteiger partial charge in [-0.1, -0.05) is 24.3 Å². The van der Waals surface area contributed by atoms with Gasteiger partial charge in [0, 0.05) is 49.8 Å². The molecule has 4 rings (SSSR count). The van der Waals surface area contributed by atoms with Gasteiger partial charge in [-0.25, -0.2) is 4.98 Å². The molecule has 6 nitrogen and oxygen atoms in total. The number of carbonyl (C=O) groups is 1. The van der Waals surface area contributed by atoms with Crippen LogP contribution in [0, 0.1) is 0 Å². The third-order valence-corrected chi connectivity index (χ3v) is 4.94. The van der Waals surface area contributed by atoms with E-state index in [1.54, 1.807) is 12.5 Å². The molecule has 0 spiro atoms. The second kappa shape index (κ2) is 8.71. The molecule has 1 amide bonds. The van der Waals surface area contributed by atoms with Crippen molar-refractivity contribution in [2.24, 2.45) is 0 Å². The number of aromatic nitrogens is 2. The number of hydrogen-bond acceptors (Lipinski definition) is 4. The third kappa shape index (κ3) is 4.40. The lowest BCUT2D eigenvalue weighted by atomic mass is 10.0. The van der Waals surface area contributed by atoms with Gasteiger partial charge >= 0.3 is 0 Å². The van der Waals surface area contributed by atoms with Gasteiger partial charge in [-0.15, -0.1) is 0 Å². The highest BCUT2D eigenvalue weighted by Crippen LogP contribution is 2.24. The summed E-state index contributed by atoms with van der Waals surface area (Å²) in [5.41, 5.74) is 4.13. The number of morpholine rings is 1. The van der Waals surface area contributed by atoms with E-state index in [0.717, 1.165) is 37.4 Å². The zero-order valence-electron chi connectivity index (χ0n) is 15.8. The smallest absolute Gasteiger partial charge is 0.251 e. The molecule has 2 heterocycles. The minimum atomic E-state index is -0.0608. The van der Waals surface area contributed by atoms with Crippen LogP contribution in [0.2, 0.25) is 0 Å². The highest BCUT2D eigenvalue weighted by atomic mass is 16.5. The first-order valence-corrected chi connectivity index (χ1v) is 9.57. The summed E-state index contributed by atoms with van der Waals surface area (Å²) in [6, 6.07) is 16.3. The molecule has 0 bridgehead atoms. The maximum atomic E-state index is 12.3. The first kappa shape index (κ1) is 18.3. The number of ether oxygens (including phenoxy) is 1. The van der Waals surface area contributed by atoms with Crippen LogP contribution >= 0.6 is 0 Å². The van der Waals surface area contributed by atoms with Crippen LogP contribution in [0.25, 0.3) is 11.1 Å². The van der Waals surface area contributed by atoms with E-state index in [4.69, 9.17) is 4.74 Å². The van der Waals surface area contributed by atoms with Crippen molar-refractivity contribution in [1.82, 2.24) is 14.9 Å². The molecule has 6 heteroatoms. The van der Waals surface area contributed by atoms with Crippen LogP contribution < -0.4 is 10.2 Å². The Hall–Kier alpha value is -3.12. The lowest BCUT2D eigenvalue weighted by molar-refractivity contribution is 0.0952. The van der Waals surface area contributed by atoms with Crippen molar-refractivity contribution in [3.8, 4) is 11.1 Å². The lowest BCUT2D eigenvalue weighted by Gasteiger charge is -2.28. The Labute approximate surface area is 164 Å². The maximum absolute atomic E-state index is 12.3. The van der Waals surface area contributed by atoms with Gasteiger partial charge in [0.05, 0.1) is 19.5 Å². The van der Waals surface area contributed by atoms with Gasteiger partial charge in [-0.2, -0.15) is 0 Å². The molecule has 0 radical (unpaired) electrons. The number of carbonyl (C=O) groups excluding carboxylic acids is 1. The molecule has 1 saturated heterocycles. The zero-order chi connectivity index (χ0) is 19.2. The Kier molecular flexibility index (Phi) is 5.68. The highest BCUT2D eigenvalue weighted by Gasteiger charge is 2.11. The van der Waals surface area contributed by atoms with Crippen LogP contribution in [-0.2, 0) is 11.3 Å². The average Bonchev–Trinajstić information content (AvgIpc) is 3.28. The van der Waals surface area contributed by atoms with Crippen LogP contribution in [0.3, 0.4) is 0 Å². The standard InChI is InChI=1S/C22H24N4O2/c27-22(24-10-12-25-11-9-23-17-25)20-3-1-18(2-4-20)19-5-7-21(8-6-19)26-13-15-28-16-14-26/h1-9,11,17H,10,12-16H2,(H,24,27). The van der Waals surface area contributed by atoms with Gasteiger partial charge in [0.15, 0.2) is 0 Å². The van der Waals surface area contributed by atoms with Crippen LogP contribution in [0.15, 0.2) is 67.3 Å². The molecule has 1 N–H and O–H groups in total. The minimum absolute atomic E-state index is 0.0608. The summed E-state index contributed by atoms with van der Waals surface area (Å²) in [4.78, 5) is 18.6. The number of benzene rings is 2. The fraction of sp³-hybridized carbons (Fsp3) is 0.273. The van der Waals surface area contributed by atoms with E-state index in [1.807, 2.05) is 35.0 Å². The van der Waals surface area contributed by atoms with Crippen LogP contribution in [0.1, 0.15) is 10.4 Å². The second-order valence-electron chi connectivity index (χ2n) is 6.78. The molecule has 2 aromatic carbocycles. The molecule has 1 aliphatic rings. The number of imidazole rings is 1. The van der Waals surface area contributed by atoms with Crippen molar-refractivity contribution in [2.45, 2.75) is 6.54 Å². The number of amides is 1. The van der Waals surface area contributed by atoms with E-state index in [9.17, 15) is 4.79 Å². The molecule has 28 heavy (non-hydrogen) atoms. The van der Waals surface area contributed by atoms with Gasteiger partial charge in [-0.3, -0.25) is 4.79 Å². The molecule has 0 aliphatic carbocycles. The highest BCUT2D eigenvalue weighted by molar-refractivity contribution is 5.94. The molecule has 1 aliphatic heterocycles. The largest absolute Gasteiger partial charge is 0.378 e. The Morgan fingerprint density at radius 2 is 1.68 bits per heavy atom. The van der Waals surface area contributed by atoms with Crippen molar-refractivity contribution >= 4 is 11.6 Å². The van der Waals surface area contributed by atoms with Crippen molar-refractivity contribution in [2.75, 3.05) is 37.7 Å². The summed E-state index contributed by atoms with van der Waals surface area (Å²) in [5, 5.41) is 2.94. The molecule has 0 atom stereocenters. The molecule has 0 unspecified atom stereocenters. The van der Waals surface area contributed by atoms with Crippen LogP contribution in [0.4, 0.5) is 5.69 Å². The molecule has 144 valence electrons. The number of rotatable bonds is 6. The molecule has 3 aromatic rings. The van der Waals surface area contributed by atoms with E-state index in [1.165, 1.54) is 5.69 Å². The summed E-state index contributed by atoms with van der Waals surface area (Å²) in [5.74, 6) is -0.0608. The van der Waals surface area contributed by atoms with Gasteiger partial charge in [-0.05, 0) is 35.4 Å². The van der Waals surface area contributed by atoms with Crippen molar-refractivity contribution in [1.29, 1.82) is 0 Å². The van der Waals surface area contributed by atoms with Gasteiger partial charge < -0.3 is 19.5 Å². The summed E-state index contributed by atoms with van der Waals surface area (Å²) in [7, 11) is 0. The summed E-state index contributed by atoms with van der Waals surface area (Å²) >= 11 is 0. The zero-order valence-corrected chi connectivity index (χ0v) is 15.8. The SMILES string of the molecule is O=C(NCCn1ccnc1)c1ccc(-c2ccc(N3CCOCC3)cc2)cc1. The molecular weight excluding hydrogens is 352 g/mol. The number of nitrogens with one attached hydrogen (secondary N) is 1. The first-order valence-electron chi connectivity index (χ1n) is 9.57. The monoisotopic (exact) mass is 376 g/mol. The normalized spacial score (nSPS) is 14.1. The van der Waals surface area contributed by atoms with Gasteiger partial charge in [0.1, 0.15) is 0 Å². The van der Waals surface area contributed by atoms with E-state index < -0.39 is 0 Å². The predicted molar refractivity (Wildman–Crippen MR) is 109 cm³/mol. The number of hydrogen-bond donors (Lipinski definition) is 1. The van der Waals surface area contributed by atoms with E-state index in [0.29, 0.717) is 18.7 Å². The lowest BCUT2D eigenvalue weighted by Crippen LogP contribution is -2.36. The number of nitrogens with zero attached hydrogens (tertiary/aromatic N) is 3. The molecule has 1 aromatic heterocycles. The molecular formula is C22H24N4O2. The van der Waals surface area contributed by atoms with Crippen LogP contribution in [-0.4, -0.2) is 48.3 Å². The fourth-order valence-corrected chi connectivity index (χ4v) is 3.32. The second-order valence-corrected chi connectivity index (χ2v) is 6.78. The van der Waals surface area contributed by atoms with E-state index in [2.05, 4.69) is 39.5 Å². The maximum Gasteiger partial charge on any atom is 0.251 e. The topological polar surface area (TPSA) is 59.4 Å². The van der Waals surface area contributed by atoms with Crippen molar-refractivity contribution < 1.29 is 9.53 Å². The van der Waals surface area contributed by atoms with Crippen molar-refractivity contribution in [3.05, 3.63) is 72.8 Å². The van der Waals surface area contributed by atoms with Crippen LogP contribution in [0.5, 0.6) is 0 Å². The molecule has 0 saturated carbocycles. The summed E-state index contributed by atoms with van der Waals surface area (Å²) in [6.45, 7) is 4.72. The number of anilines is 1. The quantitative estimate of drug-likeness (QED) is 0.719. The Bertz CT molecular complexity index is 883. The Balaban J connectivity index is 1.35. The predicted octanol–water partition coefficient (Wildman–Crippen LogP) is 2.82. The third-order valence-electron chi connectivity index (χ3n) is 4.94. The van der Waals surface area contributed by atoms with E-state index >= 15 is 0 Å². The summed E-state index contributed by atoms with van der Waals surface area (Å²) in [6.07, 6.45) is 5.35. The minimum Gasteiger partial charge on any atom is -0.378 e. The van der Waals surface area contributed by atoms with E-state index in [-0.39, 0.29) is 5.91 Å². The molecule has 1 fully saturated rings. The van der Waals surface area contributed by atoms with Gasteiger partial charge in [0.25, 0.3) is 5.91 Å². The Morgan fingerprint density at radius 3 is 2.32 bits per heavy atom.